The SMILES string of the molecule is CN=C(NCc1noc(C(C)(C)C)n1)NC1CCN(C2CCCC2)C1.I. The fourth-order valence-corrected chi connectivity index (χ4v) is 3.69. The topological polar surface area (TPSA) is 78.6 Å². The van der Waals surface area contributed by atoms with Crippen LogP contribution >= 0.6 is 24.0 Å². The molecule has 0 spiro atoms. The highest BCUT2D eigenvalue weighted by Crippen LogP contribution is 2.26. The van der Waals surface area contributed by atoms with Crippen LogP contribution in [0.3, 0.4) is 0 Å². The molecule has 0 amide bonds. The highest BCUT2D eigenvalue weighted by Gasteiger charge is 2.30. The summed E-state index contributed by atoms with van der Waals surface area (Å²) in [6.07, 6.45) is 6.70. The molecule has 2 fully saturated rings. The van der Waals surface area contributed by atoms with Crippen LogP contribution in [-0.2, 0) is 12.0 Å². The lowest BCUT2D eigenvalue weighted by Gasteiger charge is -2.24. The van der Waals surface area contributed by atoms with Gasteiger partial charge in [-0.25, -0.2) is 0 Å². The monoisotopic (exact) mass is 476 g/mol. The molecule has 7 nitrogen and oxygen atoms in total. The molecule has 26 heavy (non-hydrogen) atoms. The van der Waals surface area contributed by atoms with E-state index in [1.807, 2.05) is 0 Å². The average Bonchev–Trinajstić information content (AvgIpc) is 3.30. The molecule has 8 heteroatoms. The quantitative estimate of drug-likeness (QED) is 0.395. The molecule has 1 aromatic heterocycles. The van der Waals surface area contributed by atoms with E-state index in [0.29, 0.717) is 24.3 Å². The number of guanidine groups is 1. The number of likely N-dealkylation sites (tertiary alicyclic amines) is 1. The van der Waals surface area contributed by atoms with Crippen molar-refractivity contribution in [2.75, 3.05) is 20.1 Å². The van der Waals surface area contributed by atoms with Gasteiger partial charge in [-0.15, -0.1) is 24.0 Å². The number of rotatable bonds is 4. The Kier molecular flexibility index (Phi) is 7.69. The van der Waals surface area contributed by atoms with E-state index in [0.717, 1.165) is 18.5 Å². The summed E-state index contributed by atoms with van der Waals surface area (Å²) in [5.74, 6) is 2.13. The number of aliphatic imine (C=N–C) groups is 1. The number of nitrogens with one attached hydrogen (secondary N) is 2. The minimum absolute atomic E-state index is 0. The second-order valence-electron chi connectivity index (χ2n) is 8.25. The lowest BCUT2D eigenvalue weighted by atomic mass is 9.97. The van der Waals surface area contributed by atoms with Gasteiger partial charge in [-0.1, -0.05) is 38.8 Å². The highest BCUT2D eigenvalue weighted by molar-refractivity contribution is 14.0. The number of aromatic nitrogens is 2. The number of hydrogen-bond acceptors (Lipinski definition) is 5. The molecule has 2 N–H and O–H groups in total. The van der Waals surface area contributed by atoms with Crippen LogP contribution < -0.4 is 10.6 Å². The average molecular weight is 476 g/mol. The summed E-state index contributed by atoms with van der Waals surface area (Å²) in [5.41, 5.74) is -0.126. The van der Waals surface area contributed by atoms with Crippen molar-refractivity contribution >= 4 is 29.9 Å². The normalized spacial score (nSPS) is 22.5. The van der Waals surface area contributed by atoms with Crippen molar-refractivity contribution in [3.63, 3.8) is 0 Å². The standard InChI is InChI=1S/C18H32N6O.HI/c1-18(2,3)16-22-15(23-25-16)11-20-17(19-4)21-13-9-10-24(12-13)14-7-5-6-8-14;/h13-14H,5-12H2,1-4H3,(H2,19,20,21);1H. The number of hydrogen-bond donors (Lipinski definition) is 2. The van der Waals surface area contributed by atoms with E-state index in [-0.39, 0.29) is 29.4 Å². The van der Waals surface area contributed by atoms with Crippen molar-refractivity contribution in [3.05, 3.63) is 11.7 Å². The fraction of sp³-hybridized carbons (Fsp3) is 0.833. The van der Waals surface area contributed by atoms with Gasteiger partial charge in [0.1, 0.15) is 0 Å². The zero-order chi connectivity index (χ0) is 17.9. The smallest absolute Gasteiger partial charge is 0.232 e. The minimum Gasteiger partial charge on any atom is -0.352 e. The van der Waals surface area contributed by atoms with E-state index in [2.05, 4.69) is 51.4 Å². The van der Waals surface area contributed by atoms with Gasteiger partial charge in [0, 0.05) is 37.6 Å². The van der Waals surface area contributed by atoms with Crippen molar-refractivity contribution in [3.8, 4) is 0 Å². The molecule has 2 heterocycles. The second-order valence-corrected chi connectivity index (χ2v) is 8.25. The van der Waals surface area contributed by atoms with Gasteiger partial charge in [-0.2, -0.15) is 4.98 Å². The molecule has 1 unspecified atom stereocenters. The van der Waals surface area contributed by atoms with Gasteiger partial charge in [-0.05, 0) is 19.3 Å². The molecular formula is C18H33IN6O. The van der Waals surface area contributed by atoms with Crippen LogP contribution in [0, 0.1) is 0 Å². The maximum atomic E-state index is 5.33. The Hall–Kier alpha value is -0.900. The van der Waals surface area contributed by atoms with Crippen molar-refractivity contribution < 1.29 is 4.52 Å². The molecule has 1 aliphatic carbocycles. The summed E-state index contributed by atoms with van der Waals surface area (Å²) in [6, 6.07) is 1.26. The third-order valence-corrected chi connectivity index (χ3v) is 5.15. The van der Waals surface area contributed by atoms with Gasteiger partial charge in [0.15, 0.2) is 11.8 Å². The Morgan fingerprint density at radius 1 is 1.27 bits per heavy atom. The summed E-state index contributed by atoms with van der Waals surface area (Å²) in [6.45, 7) is 9.01. The lowest BCUT2D eigenvalue weighted by Crippen LogP contribution is -2.45. The van der Waals surface area contributed by atoms with Crippen LogP contribution in [0.25, 0.3) is 0 Å². The maximum absolute atomic E-state index is 5.33. The number of nitrogens with zero attached hydrogens (tertiary/aromatic N) is 4. The first-order valence-electron chi connectivity index (χ1n) is 9.50. The van der Waals surface area contributed by atoms with Crippen LogP contribution in [0.5, 0.6) is 0 Å². The lowest BCUT2D eigenvalue weighted by molar-refractivity contribution is 0.242. The van der Waals surface area contributed by atoms with Gasteiger partial charge >= 0.3 is 0 Å². The summed E-state index contributed by atoms with van der Waals surface area (Å²) in [4.78, 5) is 11.4. The van der Waals surface area contributed by atoms with Gasteiger partial charge in [-0.3, -0.25) is 9.89 Å². The fourth-order valence-electron chi connectivity index (χ4n) is 3.69. The van der Waals surface area contributed by atoms with Crippen molar-refractivity contribution in [2.45, 2.75) is 76.9 Å². The van der Waals surface area contributed by atoms with Crippen LogP contribution in [-0.4, -0.2) is 53.2 Å². The molecule has 1 saturated heterocycles. The van der Waals surface area contributed by atoms with E-state index in [1.165, 1.54) is 38.6 Å². The third kappa shape index (κ3) is 5.55. The van der Waals surface area contributed by atoms with Gasteiger partial charge < -0.3 is 15.2 Å². The van der Waals surface area contributed by atoms with Crippen LogP contribution in [0.4, 0.5) is 0 Å². The van der Waals surface area contributed by atoms with Crippen LogP contribution in [0.1, 0.15) is 64.6 Å². The molecule has 3 rings (SSSR count). The largest absolute Gasteiger partial charge is 0.352 e. The van der Waals surface area contributed by atoms with E-state index >= 15 is 0 Å². The Bertz CT molecular complexity index is 591. The minimum atomic E-state index is -0.126. The van der Waals surface area contributed by atoms with Crippen molar-refractivity contribution in [1.29, 1.82) is 0 Å². The summed E-state index contributed by atoms with van der Waals surface area (Å²) < 4.78 is 5.33. The first-order chi connectivity index (χ1) is 12.0. The Morgan fingerprint density at radius 3 is 2.62 bits per heavy atom. The van der Waals surface area contributed by atoms with Gasteiger partial charge in [0.05, 0.1) is 6.54 Å². The molecule has 1 aromatic rings. The van der Waals surface area contributed by atoms with E-state index in [1.54, 1.807) is 7.05 Å². The predicted molar refractivity (Wildman–Crippen MR) is 114 cm³/mol. The second kappa shape index (κ2) is 9.34. The summed E-state index contributed by atoms with van der Waals surface area (Å²) in [5, 5.41) is 10.9. The highest BCUT2D eigenvalue weighted by atomic mass is 127. The maximum Gasteiger partial charge on any atom is 0.232 e. The zero-order valence-corrected chi connectivity index (χ0v) is 18.7. The summed E-state index contributed by atoms with van der Waals surface area (Å²) in [7, 11) is 1.80. The molecule has 0 aromatic carbocycles. The third-order valence-electron chi connectivity index (χ3n) is 5.15. The van der Waals surface area contributed by atoms with E-state index in [9.17, 15) is 0 Å². The Morgan fingerprint density at radius 2 is 2.00 bits per heavy atom. The Balaban J connectivity index is 0.00000243. The molecule has 1 atom stereocenters. The molecule has 1 aliphatic heterocycles. The first-order valence-corrected chi connectivity index (χ1v) is 9.50. The van der Waals surface area contributed by atoms with Crippen molar-refractivity contribution in [2.24, 2.45) is 4.99 Å². The van der Waals surface area contributed by atoms with Crippen LogP contribution in [0.15, 0.2) is 9.52 Å². The molecule has 0 bridgehead atoms. The molecule has 148 valence electrons. The predicted octanol–water partition coefficient (Wildman–Crippen LogP) is 2.67. The van der Waals surface area contributed by atoms with Gasteiger partial charge in [0.25, 0.3) is 0 Å². The number of halogens is 1. The van der Waals surface area contributed by atoms with E-state index < -0.39 is 0 Å². The Labute approximate surface area is 173 Å². The summed E-state index contributed by atoms with van der Waals surface area (Å²) >= 11 is 0. The van der Waals surface area contributed by atoms with Crippen molar-refractivity contribution in [1.82, 2.24) is 25.7 Å². The molecular weight excluding hydrogens is 443 g/mol. The van der Waals surface area contributed by atoms with Gasteiger partial charge in [0.2, 0.25) is 5.89 Å². The molecule has 1 saturated carbocycles. The zero-order valence-electron chi connectivity index (χ0n) is 16.4. The molecule has 2 aliphatic rings. The van der Waals surface area contributed by atoms with Crippen LogP contribution in [0.2, 0.25) is 0 Å². The van der Waals surface area contributed by atoms with E-state index in [4.69, 9.17) is 4.52 Å². The molecule has 0 radical (unpaired) electrons. The first kappa shape index (κ1) is 21.4.